The fourth-order valence-electron chi connectivity index (χ4n) is 2.78. The van der Waals surface area contributed by atoms with E-state index in [0.717, 1.165) is 12.8 Å². The average molecular weight is 298 g/mol. The summed E-state index contributed by atoms with van der Waals surface area (Å²) < 4.78 is 32.4. The summed E-state index contributed by atoms with van der Waals surface area (Å²) >= 11 is 0. The van der Waals surface area contributed by atoms with Gasteiger partial charge < -0.3 is 10.5 Å². The summed E-state index contributed by atoms with van der Waals surface area (Å²) in [6, 6.07) is 3.42. The molecule has 0 aliphatic carbocycles. The summed E-state index contributed by atoms with van der Waals surface area (Å²) in [6.45, 7) is 4.80. The van der Waals surface area contributed by atoms with Gasteiger partial charge in [-0.3, -0.25) is 0 Å². The molecule has 1 aromatic carbocycles. The SMILES string of the molecule is Cc1cc(N)cc(C)c1S(=O)(=O)N(C)C1CCOCC1. The van der Waals surface area contributed by atoms with Crippen LogP contribution in [-0.4, -0.2) is 39.0 Å². The molecule has 1 saturated heterocycles. The van der Waals surface area contributed by atoms with Crippen LogP contribution in [0.3, 0.4) is 0 Å². The molecule has 0 radical (unpaired) electrons. The summed E-state index contributed by atoms with van der Waals surface area (Å²) in [5, 5.41) is 0. The predicted octanol–water partition coefficient (Wildman–Crippen LogP) is 1.69. The average Bonchev–Trinajstić information content (AvgIpc) is 2.37. The second kappa shape index (κ2) is 5.71. The number of nitrogen functional groups attached to an aromatic ring is 1. The van der Waals surface area contributed by atoms with Crippen LogP contribution in [-0.2, 0) is 14.8 Å². The number of benzene rings is 1. The Morgan fingerprint density at radius 1 is 1.20 bits per heavy atom. The lowest BCUT2D eigenvalue weighted by atomic mass is 10.1. The van der Waals surface area contributed by atoms with Crippen LogP contribution in [0.4, 0.5) is 5.69 Å². The molecule has 0 saturated carbocycles. The quantitative estimate of drug-likeness (QED) is 0.862. The highest BCUT2D eigenvalue weighted by Crippen LogP contribution is 2.28. The first-order valence-corrected chi connectivity index (χ1v) is 8.20. The summed E-state index contributed by atoms with van der Waals surface area (Å²) in [7, 11) is -1.84. The van der Waals surface area contributed by atoms with Crippen molar-refractivity contribution in [2.45, 2.75) is 37.6 Å². The van der Waals surface area contributed by atoms with Crippen molar-refractivity contribution in [3.8, 4) is 0 Å². The monoisotopic (exact) mass is 298 g/mol. The molecule has 0 spiro atoms. The summed E-state index contributed by atoms with van der Waals surface area (Å²) in [4.78, 5) is 0.376. The number of nitrogens with zero attached hydrogens (tertiary/aromatic N) is 1. The van der Waals surface area contributed by atoms with E-state index in [-0.39, 0.29) is 6.04 Å². The second-order valence-electron chi connectivity index (χ2n) is 5.35. The first-order chi connectivity index (χ1) is 9.34. The third-order valence-corrected chi connectivity index (χ3v) is 6.04. The number of nitrogens with two attached hydrogens (primary N) is 1. The Morgan fingerprint density at radius 3 is 2.20 bits per heavy atom. The highest BCUT2D eigenvalue weighted by Gasteiger charge is 2.31. The number of hydrogen-bond acceptors (Lipinski definition) is 4. The van der Waals surface area contributed by atoms with Crippen molar-refractivity contribution in [1.29, 1.82) is 0 Å². The molecule has 0 unspecified atom stereocenters. The van der Waals surface area contributed by atoms with Crippen molar-refractivity contribution in [2.75, 3.05) is 26.0 Å². The molecule has 0 amide bonds. The van der Waals surface area contributed by atoms with E-state index in [9.17, 15) is 8.42 Å². The van der Waals surface area contributed by atoms with Crippen LogP contribution >= 0.6 is 0 Å². The van der Waals surface area contributed by atoms with E-state index in [1.165, 1.54) is 4.31 Å². The molecule has 1 aromatic rings. The summed E-state index contributed by atoms with van der Waals surface area (Å²) in [6.07, 6.45) is 1.48. The Bertz CT molecular complexity index is 569. The number of sulfonamides is 1. The molecule has 1 fully saturated rings. The maximum Gasteiger partial charge on any atom is 0.243 e. The fraction of sp³-hybridized carbons (Fsp3) is 0.571. The maximum atomic E-state index is 12.8. The van der Waals surface area contributed by atoms with E-state index < -0.39 is 10.0 Å². The van der Waals surface area contributed by atoms with Crippen molar-refractivity contribution in [3.05, 3.63) is 23.3 Å². The molecule has 112 valence electrons. The molecule has 0 atom stereocenters. The Labute approximate surface area is 120 Å². The number of anilines is 1. The number of rotatable bonds is 3. The zero-order chi connectivity index (χ0) is 14.9. The van der Waals surface area contributed by atoms with Gasteiger partial charge in [0, 0.05) is 32.0 Å². The Kier molecular flexibility index (Phi) is 4.36. The molecule has 20 heavy (non-hydrogen) atoms. The van der Waals surface area contributed by atoms with Gasteiger partial charge >= 0.3 is 0 Å². The van der Waals surface area contributed by atoms with Crippen LogP contribution in [0.5, 0.6) is 0 Å². The minimum absolute atomic E-state index is 0.00473. The normalized spacial score (nSPS) is 17.6. The third kappa shape index (κ3) is 2.82. The predicted molar refractivity (Wildman–Crippen MR) is 79.1 cm³/mol. The van der Waals surface area contributed by atoms with Crippen molar-refractivity contribution in [3.63, 3.8) is 0 Å². The third-order valence-electron chi connectivity index (χ3n) is 3.82. The van der Waals surface area contributed by atoms with Crippen molar-refractivity contribution in [2.24, 2.45) is 0 Å². The maximum absolute atomic E-state index is 12.8. The first-order valence-electron chi connectivity index (χ1n) is 6.76. The van der Waals surface area contributed by atoms with Crippen molar-refractivity contribution in [1.82, 2.24) is 4.31 Å². The van der Waals surface area contributed by atoms with Crippen molar-refractivity contribution >= 4 is 15.7 Å². The topological polar surface area (TPSA) is 72.6 Å². The molecule has 0 aromatic heterocycles. The van der Waals surface area contributed by atoms with Gasteiger partial charge in [-0.05, 0) is 49.9 Å². The van der Waals surface area contributed by atoms with Crippen LogP contribution in [0.2, 0.25) is 0 Å². The van der Waals surface area contributed by atoms with Gasteiger partial charge in [-0.1, -0.05) is 0 Å². The second-order valence-corrected chi connectivity index (χ2v) is 7.28. The van der Waals surface area contributed by atoms with Crippen LogP contribution < -0.4 is 5.73 Å². The largest absolute Gasteiger partial charge is 0.399 e. The molecule has 1 heterocycles. The van der Waals surface area contributed by atoms with Gasteiger partial charge in [0.1, 0.15) is 0 Å². The molecule has 2 rings (SSSR count). The van der Waals surface area contributed by atoms with Crippen LogP contribution in [0, 0.1) is 13.8 Å². The number of hydrogen-bond donors (Lipinski definition) is 1. The van der Waals surface area contributed by atoms with Gasteiger partial charge in [-0.15, -0.1) is 0 Å². The summed E-state index contributed by atoms with van der Waals surface area (Å²) in [5.74, 6) is 0. The summed E-state index contributed by atoms with van der Waals surface area (Å²) in [5.41, 5.74) is 7.75. The van der Waals surface area contributed by atoms with Crippen LogP contribution in [0.25, 0.3) is 0 Å². The van der Waals surface area contributed by atoms with E-state index in [1.807, 2.05) is 0 Å². The van der Waals surface area contributed by atoms with Gasteiger partial charge in [0.15, 0.2) is 0 Å². The number of aryl methyl sites for hydroxylation is 2. The van der Waals surface area contributed by atoms with E-state index in [0.29, 0.717) is 34.9 Å². The standard InChI is InChI=1S/C14H22N2O3S/c1-10-8-12(15)9-11(2)14(10)20(17,18)16(3)13-4-6-19-7-5-13/h8-9,13H,4-7,15H2,1-3H3. The molecule has 5 nitrogen and oxygen atoms in total. The van der Waals surface area contributed by atoms with Gasteiger partial charge in [-0.2, -0.15) is 4.31 Å². The lowest BCUT2D eigenvalue weighted by Crippen LogP contribution is -2.41. The van der Waals surface area contributed by atoms with Gasteiger partial charge in [-0.25, -0.2) is 8.42 Å². The van der Waals surface area contributed by atoms with E-state index >= 15 is 0 Å². The molecule has 2 N–H and O–H groups in total. The van der Waals surface area contributed by atoms with Crippen molar-refractivity contribution < 1.29 is 13.2 Å². The first kappa shape index (κ1) is 15.3. The minimum Gasteiger partial charge on any atom is -0.399 e. The molecular formula is C14H22N2O3S. The highest BCUT2D eigenvalue weighted by atomic mass is 32.2. The minimum atomic E-state index is -3.49. The van der Waals surface area contributed by atoms with Gasteiger partial charge in [0.05, 0.1) is 4.90 Å². The highest BCUT2D eigenvalue weighted by molar-refractivity contribution is 7.89. The molecule has 1 aliphatic heterocycles. The molecular weight excluding hydrogens is 276 g/mol. The number of ether oxygens (including phenoxy) is 1. The van der Waals surface area contributed by atoms with E-state index in [1.54, 1.807) is 33.0 Å². The zero-order valence-corrected chi connectivity index (χ0v) is 13.0. The Hall–Kier alpha value is -1.11. The lowest BCUT2D eigenvalue weighted by Gasteiger charge is -2.31. The van der Waals surface area contributed by atoms with E-state index in [2.05, 4.69) is 0 Å². The Morgan fingerprint density at radius 2 is 1.70 bits per heavy atom. The van der Waals surface area contributed by atoms with Crippen LogP contribution in [0.1, 0.15) is 24.0 Å². The van der Waals surface area contributed by atoms with Gasteiger partial charge in [0.25, 0.3) is 0 Å². The zero-order valence-electron chi connectivity index (χ0n) is 12.2. The van der Waals surface area contributed by atoms with Gasteiger partial charge in [0.2, 0.25) is 10.0 Å². The smallest absolute Gasteiger partial charge is 0.243 e. The lowest BCUT2D eigenvalue weighted by molar-refractivity contribution is 0.0632. The fourth-order valence-corrected chi connectivity index (χ4v) is 4.60. The van der Waals surface area contributed by atoms with E-state index in [4.69, 9.17) is 10.5 Å². The van der Waals surface area contributed by atoms with Crippen LogP contribution in [0.15, 0.2) is 17.0 Å². The Balaban J connectivity index is 2.39. The molecule has 6 heteroatoms. The molecule has 0 bridgehead atoms. The molecule has 1 aliphatic rings.